The van der Waals surface area contributed by atoms with Crippen molar-refractivity contribution in [2.45, 2.75) is 110 Å². The molecule has 25 heavy (non-hydrogen) atoms. The number of ether oxygens (including phenoxy) is 2. The van der Waals surface area contributed by atoms with Crippen LogP contribution in [0.4, 0.5) is 0 Å². The van der Waals surface area contributed by atoms with Gasteiger partial charge in [0, 0.05) is 0 Å². The van der Waals surface area contributed by atoms with Crippen molar-refractivity contribution in [3.63, 3.8) is 0 Å². The van der Waals surface area contributed by atoms with Crippen molar-refractivity contribution < 1.29 is 14.6 Å². The fourth-order valence-electron chi connectivity index (χ4n) is 6.82. The van der Waals surface area contributed by atoms with Crippen LogP contribution in [-0.2, 0) is 9.47 Å². The minimum Gasteiger partial charge on any atom is -0.390 e. The molecule has 2 saturated carbocycles. The summed E-state index contributed by atoms with van der Waals surface area (Å²) in [5.41, 5.74) is -0.174. The normalized spacial score (nSPS) is 49.0. The Labute approximate surface area is 154 Å². The predicted octanol–water partition coefficient (Wildman–Crippen LogP) is 5.30. The van der Waals surface area contributed by atoms with Gasteiger partial charge in [0.15, 0.2) is 5.79 Å². The van der Waals surface area contributed by atoms with Crippen molar-refractivity contribution >= 4 is 0 Å². The van der Waals surface area contributed by atoms with Gasteiger partial charge in [0.2, 0.25) is 0 Å². The molecule has 0 bridgehead atoms. The molecule has 0 radical (unpaired) electrons. The first-order valence-corrected chi connectivity index (χ1v) is 10.4. The molecule has 3 nitrogen and oxygen atoms in total. The molecule has 1 heterocycles. The highest BCUT2D eigenvalue weighted by molar-refractivity contribution is 5.07. The van der Waals surface area contributed by atoms with Gasteiger partial charge >= 0.3 is 0 Å². The van der Waals surface area contributed by atoms with Gasteiger partial charge in [-0.3, -0.25) is 0 Å². The monoisotopic (exact) mass is 352 g/mol. The first-order chi connectivity index (χ1) is 11.3. The lowest BCUT2D eigenvalue weighted by molar-refractivity contribution is -0.180. The highest BCUT2D eigenvalue weighted by Gasteiger charge is 2.58. The zero-order valence-corrected chi connectivity index (χ0v) is 17.6. The molecule has 0 aromatic rings. The Kier molecular flexibility index (Phi) is 4.66. The Morgan fingerprint density at radius 3 is 2.24 bits per heavy atom. The third kappa shape index (κ3) is 3.53. The van der Waals surface area contributed by atoms with E-state index in [2.05, 4.69) is 34.6 Å². The second-order valence-corrected chi connectivity index (χ2v) is 11.1. The molecule has 146 valence electrons. The van der Waals surface area contributed by atoms with Crippen molar-refractivity contribution in [3.8, 4) is 0 Å². The quantitative estimate of drug-likeness (QED) is 0.749. The van der Waals surface area contributed by atoms with E-state index in [0.29, 0.717) is 23.9 Å². The van der Waals surface area contributed by atoms with Crippen molar-refractivity contribution in [2.75, 3.05) is 6.61 Å². The van der Waals surface area contributed by atoms with Crippen LogP contribution in [0, 0.1) is 22.7 Å². The van der Waals surface area contributed by atoms with Crippen molar-refractivity contribution in [1.29, 1.82) is 0 Å². The molecule has 0 spiro atoms. The van der Waals surface area contributed by atoms with Crippen LogP contribution in [0.2, 0.25) is 0 Å². The molecule has 1 saturated heterocycles. The van der Waals surface area contributed by atoms with E-state index in [0.717, 1.165) is 25.7 Å². The molecule has 3 rings (SSSR count). The predicted molar refractivity (Wildman–Crippen MR) is 101 cm³/mol. The van der Waals surface area contributed by atoms with Gasteiger partial charge < -0.3 is 14.6 Å². The van der Waals surface area contributed by atoms with Crippen LogP contribution in [0.25, 0.3) is 0 Å². The molecular weight excluding hydrogens is 312 g/mol. The summed E-state index contributed by atoms with van der Waals surface area (Å²) in [5, 5.41) is 11.3. The molecular formula is C22H40O3. The van der Waals surface area contributed by atoms with Gasteiger partial charge in [-0.05, 0) is 88.9 Å². The van der Waals surface area contributed by atoms with Crippen molar-refractivity contribution in [2.24, 2.45) is 22.7 Å². The standard InChI is InChI=1S/C22H40O3/c1-18(2)11-8-12-21(6)16(18)10-14-22(7,23)17(21)9-13-20(5)15-24-19(3,4)25-20/h16-17,23H,8-15H2,1-7H3/t16-,17+,20+,21-,22+/m0/s1. The molecule has 0 unspecified atom stereocenters. The van der Waals surface area contributed by atoms with E-state index >= 15 is 0 Å². The average molecular weight is 353 g/mol. The minimum absolute atomic E-state index is 0.229. The minimum atomic E-state index is -0.565. The molecule has 1 N–H and O–H groups in total. The maximum atomic E-state index is 11.3. The second kappa shape index (κ2) is 5.94. The molecule has 2 aliphatic carbocycles. The third-order valence-corrected chi connectivity index (χ3v) is 7.94. The van der Waals surface area contributed by atoms with E-state index in [4.69, 9.17) is 9.47 Å². The number of rotatable bonds is 3. The van der Waals surface area contributed by atoms with Crippen molar-refractivity contribution in [1.82, 2.24) is 0 Å². The Morgan fingerprint density at radius 2 is 1.64 bits per heavy atom. The highest BCUT2D eigenvalue weighted by Crippen LogP contribution is 2.63. The zero-order chi connectivity index (χ0) is 18.7. The Morgan fingerprint density at radius 1 is 0.960 bits per heavy atom. The highest BCUT2D eigenvalue weighted by atomic mass is 16.7. The molecule has 0 aromatic heterocycles. The summed E-state index contributed by atoms with van der Waals surface area (Å²) in [7, 11) is 0. The van der Waals surface area contributed by atoms with Crippen molar-refractivity contribution in [3.05, 3.63) is 0 Å². The lowest BCUT2D eigenvalue weighted by Gasteiger charge is -2.61. The summed E-state index contributed by atoms with van der Waals surface area (Å²) in [6, 6.07) is 0. The van der Waals surface area contributed by atoms with Gasteiger partial charge in [-0.25, -0.2) is 0 Å². The molecule has 0 aromatic carbocycles. The summed E-state index contributed by atoms with van der Waals surface area (Å²) in [6.07, 6.45) is 7.94. The average Bonchev–Trinajstić information content (AvgIpc) is 2.70. The second-order valence-electron chi connectivity index (χ2n) is 11.1. The maximum Gasteiger partial charge on any atom is 0.163 e. The van der Waals surface area contributed by atoms with Gasteiger partial charge in [0.1, 0.15) is 0 Å². The summed E-state index contributed by atoms with van der Waals surface area (Å²) >= 11 is 0. The molecule has 3 heteroatoms. The Bertz CT molecular complexity index is 509. The molecule has 3 aliphatic rings. The number of hydrogen-bond acceptors (Lipinski definition) is 3. The van der Waals surface area contributed by atoms with E-state index in [1.807, 2.05) is 13.8 Å². The van der Waals surface area contributed by atoms with Gasteiger partial charge in [-0.15, -0.1) is 0 Å². The lowest BCUT2D eigenvalue weighted by atomic mass is 9.45. The van der Waals surface area contributed by atoms with E-state index in [-0.39, 0.29) is 11.0 Å². The Balaban J connectivity index is 1.80. The largest absolute Gasteiger partial charge is 0.390 e. The van der Waals surface area contributed by atoms with E-state index in [9.17, 15) is 5.11 Å². The summed E-state index contributed by atoms with van der Waals surface area (Å²) in [6.45, 7) is 16.3. The SMILES string of the molecule is CC1(C)OC[C@@](C)(CC[C@@H]2[C@@]3(C)CCCC(C)(C)[C@@H]3CC[C@@]2(C)O)O1. The van der Waals surface area contributed by atoms with Crippen LogP contribution < -0.4 is 0 Å². The first-order valence-electron chi connectivity index (χ1n) is 10.4. The van der Waals surface area contributed by atoms with Crippen LogP contribution in [0.15, 0.2) is 0 Å². The smallest absolute Gasteiger partial charge is 0.163 e. The maximum absolute atomic E-state index is 11.3. The third-order valence-electron chi connectivity index (χ3n) is 7.94. The van der Waals surface area contributed by atoms with Gasteiger partial charge in [0.05, 0.1) is 17.8 Å². The fourth-order valence-corrected chi connectivity index (χ4v) is 6.82. The molecule has 1 aliphatic heterocycles. The summed E-state index contributed by atoms with van der Waals surface area (Å²) in [5.74, 6) is 0.565. The van der Waals surface area contributed by atoms with E-state index in [1.54, 1.807) is 0 Å². The molecule has 0 amide bonds. The summed E-state index contributed by atoms with van der Waals surface area (Å²) in [4.78, 5) is 0. The zero-order valence-electron chi connectivity index (χ0n) is 17.6. The van der Waals surface area contributed by atoms with E-state index in [1.165, 1.54) is 19.3 Å². The number of hydrogen-bond donors (Lipinski definition) is 1. The number of fused-ring (bicyclic) bond motifs is 1. The summed E-state index contributed by atoms with van der Waals surface area (Å²) < 4.78 is 12.0. The van der Waals surface area contributed by atoms with Gasteiger partial charge in [0.25, 0.3) is 0 Å². The molecule has 5 atom stereocenters. The van der Waals surface area contributed by atoms with Gasteiger partial charge in [-0.2, -0.15) is 0 Å². The first kappa shape index (κ1) is 19.6. The van der Waals surface area contributed by atoms with Crippen LogP contribution in [0.1, 0.15) is 93.4 Å². The van der Waals surface area contributed by atoms with Crippen LogP contribution in [0.3, 0.4) is 0 Å². The van der Waals surface area contributed by atoms with Gasteiger partial charge in [-0.1, -0.05) is 27.2 Å². The fraction of sp³-hybridized carbons (Fsp3) is 1.00. The lowest BCUT2D eigenvalue weighted by Crippen LogP contribution is -2.57. The van der Waals surface area contributed by atoms with Crippen LogP contribution in [0.5, 0.6) is 0 Å². The number of aliphatic hydroxyl groups is 1. The van der Waals surface area contributed by atoms with Crippen LogP contribution in [-0.4, -0.2) is 28.7 Å². The van der Waals surface area contributed by atoms with Crippen LogP contribution >= 0.6 is 0 Å². The Hall–Kier alpha value is -0.120. The van der Waals surface area contributed by atoms with E-state index < -0.39 is 11.4 Å². The molecule has 3 fully saturated rings. The topological polar surface area (TPSA) is 38.7 Å².